The summed E-state index contributed by atoms with van der Waals surface area (Å²) in [5.74, 6) is -0.131. The average Bonchev–Trinajstić information content (AvgIpc) is 2.63. The molecule has 0 aliphatic rings. The lowest BCUT2D eigenvalue weighted by atomic mass is 10.0. The van der Waals surface area contributed by atoms with Crippen LogP contribution in [0.2, 0.25) is 5.02 Å². The number of hydrogen-bond donors (Lipinski definition) is 1. The fourth-order valence-corrected chi connectivity index (χ4v) is 2.78. The molecule has 134 valence electrons. The van der Waals surface area contributed by atoms with E-state index in [1.807, 2.05) is 13.1 Å². The van der Waals surface area contributed by atoms with Crippen molar-refractivity contribution >= 4 is 17.3 Å². The maximum atomic E-state index is 12.7. The Balaban J connectivity index is 1.98. The molecular weight excluding hydrogens is 360 g/mol. The van der Waals surface area contributed by atoms with Crippen molar-refractivity contribution < 1.29 is 13.5 Å². The smallest absolute Gasteiger partial charge is 0.388 e. The van der Waals surface area contributed by atoms with Gasteiger partial charge >= 0.3 is 6.61 Å². The van der Waals surface area contributed by atoms with Crippen LogP contribution < -0.4 is 10.1 Å². The topological polar surface area (TPSA) is 47.0 Å². The zero-order valence-corrected chi connectivity index (χ0v) is 14.7. The second kappa shape index (κ2) is 8.10. The molecule has 1 aromatic carbocycles. The summed E-state index contributed by atoms with van der Waals surface area (Å²) in [7, 11) is 1.82. The summed E-state index contributed by atoms with van der Waals surface area (Å²) in [5.41, 5.74) is 3.82. The SMILES string of the molecule is CNc1cncc(Cc2cnc(OC(F)F)c(-c3cccc(Cl)c3)c2)c1. The van der Waals surface area contributed by atoms with Crippen LogP contribution in [0.5, 0.6) is 5.88 Å². The van der Waals surface area contributed by atoms with E-state index in [4.69, 9.17) is 11.6 Å². The van der Waals surface area contributed by atoms with Crippen LogP contribution in [0.1, 0.15) is 11.1 Å². The first-order valence-electron chi connectivity index (χ1n) is 7.86. The Bertz CT molecular complexity index is 905. The Hall–Kier alpha value is -2.73. The van der Waals surface area contributed by atoms with E-state index in [0.717, 1.165) is 16.8 Å². The molecule has 0 bridgehead atoms. The third-order valence-electron chi connectivity index (χ3n) is 3.74. The molecule has 3 aromatic rings. The lowest BCUT2D eigenvalue weighted by molar-refractivity contribution is -0.0524. The van der Waals surface area contributed by atoms with Gasteiger partial charge in [0.1, 0.15) is 0 Å². The molecule has 0 saturated heterocycles. The van der Waals surface area contributed by atoms with Gasteiger partial charge in [-0.15, -0.1) is 0 Å². The number of rotatable bonds is 6. The molecule has 0 amide bonds. The van der Waals surface area contributed by atoms with Gasteiger partial charge in [-0.05, 0) is 41.0 Å². The number of alkyl halides is 2. The first-order chi connectivity index (χ1) is 12.5. The molecule has 0 aliphatic carbocycles. The summed E-state index contributed by atoms with van der Waals surface area (Å²) >= 11 is 6.03. The van der Waals surface area contributed by atoms with Gasteiger partial charge in [0.05, 0.1) is 5.69 Å². The van der Waals surface area contributed by atoms with Gasteiger partial charge in [-0.2, -0.15) is 8.78 Å². The summed E-state index contributed by atoms with van der Waals surface area (Å²) in [6.07, 6.45) is 5.55. The molecule has 2 aromatic heterocycles. The summed E-state index contributed by atoms with van der Waals surface area (Å²) in [5, 5.41) is 3.53. The molecule has 1 N–H and O–H groups in total. The summed E-state index contributed by atoms with van der Waals surface area (Å²) < 4.78 is 30.0. The van der Waals surface area contributed by atoms with E-state index in [-0.39, 0.29) is 5.88 Å². The zero-order valence-electron chi connectivity index (χ0n) is 13.9. The van der Waals surface area contributed by atoms with Gasteiger partial charge in [0.2, 0.25) is 5.88 Å². The van der Waals surface area contributed by atoms with Crippen LogP contribution in [0.15, 0.2) is 55.0 Å². The van der Waals surface area contributed by atoms with Crippen molar-refractivity contribution in [2.24, 2.45) is 0 Å². The Kier molecular flexibility index (Phi) is 5.63. The molecule has 0 fully saturated rings. The summed E-state index contributed by atoms with van der Waals surface area (Å²) in [4.78, 5) is 8.26. The minimum absolute atomic E-state index is 0.131. The highest BCUT2D eigenvalue weighted by Crippen LogP contribution is 2.32. The van der Waals surface area contributed by atoms with Crippen LogP contribution in [0, 0.1) is 0 Å². The van der Waals surface area contributed by atoms with Crippen molar-refractivity contribution in [3.63, 3.8) is 0 Å². The fourth-order valence-electron chi connectivity index (χ4n) is 2.59. The number of hydrogen-bond acceptors (Lipinski definition) is 4. The maximum Gasteiger partial charge on any atom is 0.388 e. The van der Waals surface area contributed by atoms with Gasteiger partial charge in [-0.3, -0.25) is 4.98 Å². The highest BCUT2D eigenvalue weighted by atomic mass is 35.5. The molecule has 7 heteroatoms. The molecular formula is C19H16ClF2N3O. The Morgan fingerprint density at radius 1 is 1.12 bits per heavy atom. The average molecular weight is 376 g/mol. The van der Waals surface area contributed by atoms with Crippen molar-refractivity contribution in [3.8, 4) is 17.0 Å². The Labute approximate surface area is 154 Å². The number of pyridine rings is 2. The lowest BCUT2D eigenvalue weighted by Crippen LogP contribution is -2.06. The number of ether oxygens (including phenoxy) is 1. The molecule has 0 spiro atoms. The third kappa shape index (κ3) is 4.46. The van der Waals surface area contributed by atoms with Crippen molar-refractivity contribution in [2.45, 2.75) is 13.0 Å². The largest absolute Gasteiger partial charge is 0.416 e. The zero-order chi connectivity index (χ0) is 18.5. The van der Waals surface area contributed by atoms with Crippen LogP contribution in [-0.2, 0) is 6.42 Å². The van der Waals surface area contributed by atoms with E-state index in [1.165, 1.54) is 6.20 Å². The summed E-state index contributed by atoms with van der Waals surface area (Å²) in [6, 6.07) is 10.7. The van der Waals surface area contributed by atoms with E-state index in [2.05, 4.69) is 20.0 Å². The molecule has 4 nitrogen and oxygen atoms in total. The van der Waals surface area contributed by atoms with Gasteiger partial charge in [-0.25, -0.2) is 4.98 Å². The quantitative estimate of drug-likeness (QED) is 0.656. The predicted molar refractivity (Wildman–Crippen MR) is 97.9 cm³/mol. The molecule has 0 aliphatic heterocycles. The van der Waals surface area contributed by atoms with Crippen molar-refractivity contribution in [1.82, 2.24) is 9.97 Å². The van der Waals surface area contributed by atoms with Gasteiger partial charge in [0, 0.05) is 42.6 Å². The maximum absolute atomic E-state index is 12.7. The van der Waals surface area contributed by atoms with Crippen LogP contribution >= 0.6 is 11.6 Å². The molecule has 0 saturated carbocycles. The number of nitrogens with one attached hydrogen (secondary N) is 1. The first-order valence-corrected chi connectivity index (χ1v) is 8.24. The Morgan fingerprint density at radius 3 is 2.65 bits per heavy atom. The number of anilines is 1. The van der Waals surface area contributed by atoms with Crippen molar-refractivity contribution in [3.05, 3.63) is 71.1 Å². The van der Waals surface area contributed by atoms with E-state index >= 15 is 0 Å². The summed E-state index contributed by atoms with van der Waals surface area (Å²) in [6.45, 7) is -2.96. The molecule has 0 unspecified atom stereocenters. The highest BCUT2D eigenvalue weighted by Gasteiger charge is 2.14. The number of halogens is 3. The van der Waals surface area contributed by atoms with E-state index in [0.29, 0.717) is 22.6 Å². The minimum Gasteiger partial charge on any atom is -0.416 e. The second-order valence-electron chi connectivity index (χ2n) is 5.59. The van der Waals surface area contributed by atoms with Gasteiger partial charge in [0.25, 0.3) is 0 Å². The van der Waals surface area contributed by atoms with Gasteiger partial charge in [0.15, 0.2) is 0 Å². The molecule has 26 heavy (non-hydrogen) atoms. The van der Waals surface area contributed by atoms with E-state index in [1.54, 1.807) is 42.7 Å². The fraction of sp³-hybridized carbons (Fsp3) is 0.158. The molecule has 0 radical (unpaired) electrons. The van der Waals surface area contributed by atoms with Crippen molar-refractivity contribution in [2.75, 3.05) is 12.4 Å². The van der Waals surface area contributed by atoms with Crippen LogP contribution in [0.4, 0.5) is 14.5 Å². The normalized spacial score (nSPS) is 10.8. The number of nitrogens with zero attached hydrogens (tertiary/aromatic N) is 2. The first kappa shape index (κ1) is 18.1. The second-order valence-corrected chi connectivity index (χ2v) is 6.03. The monoisotopic (exact) mass is 375 g/mol. The molecule has 3 rings (SSSR count). The number of benzene rings is 1. The van der Waals surface area contributed by atoms with E-state index < -0.39 is 6.61 Å². The van der Waals surface area contributed by atoms with Gasteiger partial charge < -0.3 is 10.1 Å². The predicted octanol–water partition coefficient (Wildman–Crippen LogP) is 5.03. The standard InChI is InChI=1S/C19H16ClF2N3O/c1-23-16-6-12(9-24-11-16)5-13-7-17(14-3-2-4-15(20)8-14)18(25-10-13)26-19(21)22/h2-4,6-11,19,23H,5H2,1H3. The number of aromatic nitrogens is 2. The third-order valence-corrected chi connectivity index (χ3v) is 3.97. The highest BCUT2D eigenvalue weighted by molar-refractivity contribution is 6.30. The minimum atomic E-state index is -2.96. The Morgan fingerprint density at radius 2 is 1.92 bits per heavy atom. The van der Waals surface area contributed by atoms with Crippen LogP contribution in [0.3, 0.4) is 0 Å². The van der Waals surface area contributed by atoms with Crippen LogP contribution in [-0.4, -0.2) is 23.6 Å². The molecule has 0 atom stereocenters. The van der Waals surface area contributed by atoms with Crippen LogP contribution in [0.25, 0.3) is 11.1 Å². The van der Waals surface area contributed by atoms with Crippen molar-refractivity contribution in [1.29, 1.82) is 0 Å². The lowest BCUT2D eigenvalue weighted by Gasteiger charge is -2.12. The van der Waals surface area contributed by atoms with E-state index in [9.17, 15) is 8.78 Å². The van der Waals surface area contributed by atoms with Gasteiger partial charge in [-0.1, -0.05) is 23.7 Å². The molecule has 2 heterocycles.